The highest BCUT2D eigenvalue weighted by molar-refractivity contribution is 5.49. The van der Waals surface area contributed by atoms with E-state index >= 15 is 0 Å². The van der Waals surface area contributed by atoms with E-state index in [1.54, 1.807) is 0 Å². The lowest BCUT2D eigenvalue weighted by Crippen LogP contribution is -2.08. The average molecular weight is 256 g/mol. The predicted octanol–water partition coefficient (Wildman–Crippen LogP) is 3.72. The first-order chi connectivity index (χ1) is 9.13. The molecule has 0 aliphatic heterocycles. The molecular weight excluding hydrogens is 232 g/mol. The second-order valence-corrected chi connectivity index (χ2v) is 5.27. The van der Waals surface area contributed by atoms with Crippen molar-refractivity contribution < 1.29 is 0 Å². The molecule has 102 valence electrons. The highest BCUT2D eigenvalue weighted by Crippen LogP contribution is 2.26. The van der Waals surface area contributed by atoms with Gasteiger partial charge in [-0.05, 0) is 54.9 Å². The van der Waals surface area contributed by atoms with Crippen LogP contribution < -0.4 is 11.5 Å². The van der Waals surface area contributed by atoms with E-state index in [0.29, 0.717) is 0 Å². The third kappa shape index (κ3) is 3.19. The van der Waals surface area contributed by atoms with E-state index in [1.807, 2.05) is 6.07 Å². The van der Waals surface area contributed by atoms with Gasteiger partial charge in [-0.15, -0.1) is 0 Å². The molecule has 1 aliphatic carbocycles. The molecule has 0 saturated heterocycles. The summed E-state index contributed by atoms with van der Waals surface area (Å²) < 4.78 is 0. The van der Waals surface area contributed by atoms with Gasteiger partial charge in [-0.25, -0.2) is 0 Å². The molecule has 2 heteroatoms. The number of nitrogens with two attached hydrogens (primary N) is 2. The molecule has 2 nitrogen and oxygen atoms in total. The van der Waals surface area contributed by atoms with E-state index in [4.69, 9.17) is 11.5 Å². The fourth-order valence-electron chi connectivity index (χ4n) is 2.67. The van der Waals surface area contributed by atoms with E-state index in [0.717, 1.165) is 43.5 Å². The third-order valence-electron chi connectivity index (χ3n) is 3.91. The molecule has 0 amide bonds. The van der Waals surface area contributed by atoms with Gasteiger partial charge in [0.25, 0.3) is 0 Å². The SMILES string of the molecule is CCC1=C(N)CCC(Cc2ccc(N)c(CC)c2)=C1. The number of hydrogen-bond acceptors (Lipinski definition) is 2. The maximum absolute atomic E-state index is 6.03. The lowest BCUT2D eigenvalue weighted by molar-refractivity contribution is 0.828. The molecule has 0 fully saturated rings. The normalized spacial score (nSPS) is 15.6. The molecule has 19 heavy (non-hydrogen) atoms. The Morgan fingerprint density at radius 3 is 2.53 bits per heavy atom. The minimum Gasteiger partial charge on any atom is -0.402 e. The van der Waals surface area contributed by atoms with Crippen molar-refractivity contribution in [3.63, 3.8) is 0 Å². The van der Waals surface area contributed by atoms with E-state index in [-0.39, 0.29) is 0 Å². The summed E-state index contributed by atoms with van der Waals surface area (Å²) in [5.74, 6) is 0. The van der Waals surface area contributed by atoms with Gasteiger partial charge in [-0.3, -0.25) is 0 Å². The summed E-state index contributed by atoms with van der Waals surface area (Å²) >= 11 is 0. The van der Waals surface area contributed by atoms with Crippen molar-refractivity contribution in [1.29, 1.82) is 0 Å². The summed E-state index contributed by atoms with van der Waals surface area (Å²) in [6.07, 6.45) is 7.42. The van der Waals surface area contributed by atoms with Crippen molar-refractivity contribution >= 4 is 5.69 Å². The van der Waals surface area contributed by atoms with Crippen molar-refractivity contribution in [1.82, 2.24) is 0 Å². The molecule has 0 saturated carbocycles. The van der Waals surface area contributed by atoms with Gasteiger partial charge in [0, 0.05) is 11.4 Å². The predicted molar refractivity (Wildman–Crippen MR) is 82.8 cm³/mol. The Bertz CT molecular complexity index is 524. The molecule has 0 unspecified atom stereocenters. The minimum absolute atomic E-state index is 0.905. The van der Waals surface area contributed by atoms with Crippen LogP contribution in [0.15, 0.2) is 41.1 Å². The first kappa shape index (κ1) is 13.7. The van der Waals surface area contributed by atoms with Crippen LogP contribution in [0, 0.1) is 0 Å². The summed E-state index contributed by atoms with van der Waals surface area (Å²) in [6, 6.07) is 6.41. The number of rotatable bonds is 4. The van der Waals surface area contributed by atoms with Crippen molar-refractivity contribution in [2.24, 2.45) is 5.73 Å². The Morgan fingerprint density at radius 2 is 1.84 bits per heavy atom. The van der Waals surface area contributed by atoms with Crippen LogP contribution in [0.2, 0.25) is 0 Å². The third-order valence-corrected chi connectivity index (χ3v) is 3.91. The average Bonchev–Trinajstić information content (AvgIpc) is 2.43. The molecule has 0 aromatic heterocycles. The molecule has 0 radical (unpaired) electrons. The molecule has 0 bridgehead atoms. The molecule has 2 rings (SSSR count). The van der Waals surface area contributed by atoms with Gasteiger partial charge < -0.3 is 11.5 Å². The van der Waals surface area contributed by atoms with Gasteiger partial charge in [0.05, 0.1) is 0 Å². The van der Waals surface area contributed by atoms with Gasteiger partial charge >= 0.3 is 0 Å². The Labute approximate surface area is 116 Å². The largest absolute Gasteiger partial charge is 0.402 e. The van der Waals surface area contributed by atoms with Crippen LogP contribution in [0.1, 0.15) is 44.2 Å². The zero-order valence-electron chi connectivity index (χ0n) is 12.0. The fraction of sp³-hybridized carbons (Fsp3) is 0.412. The number of benzene rings is 1. The Hall–Kier alpha value is -1.70. The lowest BCUT2D eigenvalue weighted by atomic mass is 9.90. The molecule has 0 spiro atoms. The van der Waals surface area contributed by atoms with E-state index in [9.17, 15) is 0 Å². The lowest BCUT2D eigenvalue weighted by Gasteiger charge is -2.17. The van der Waals surface area contributed by atoms with Crippen LogP contribution in [0.5, 0.6) is 0 Å². The molecule has 4 N–H and O–H groups in total. The zero-order valence-corrected chi connectivity index (χ0v) is 12.0. The number of aryl methyl sites for hydroxylation is 1. The topological polar surface area (TPSA) is 52.0 Å². The van der Waals surface area contributed by atoms with Crippen LogP contribution in [0.4, 0.5) is 5.69 Å². The highest BCUT2D eigenvalue weighted by Gasteiger charge is 2.11. The van der Waals surface area contributed by atoms with Crippen LogP contribution in [0.3, 0.4) is 0 Å². The van der Waals surface area contributed by atoms with Crippen LogP contribution in [-0.2, 0) is 12.8 Å². The van der Waals surface area contributed by atoms with Crippen molar-refractivity contribution in [2.75, 3.05) is 5.73 Å². The molecule has 0 heterocycles. The van der Waals surface area contributed by atoms with Crippen LogP contribution >= 0.6 is 0 Å². The maximum Gasteiger partial charge on any atom is 0.0346 e. The second kappa shape index (κ2) is 5.96. The van der Waals surface area contributed by atoms with Gasteiger partial charge in [0.2, 0.25) is 0 Å². The monoisotopic (exact) mass is 256 g/mol. The fourth-order valence-corrected chi connectivity index (χ4v) is 2.67. The molecule has 1 aromatic rings. The first-order valence-corrected chi connectivity index (χ1v) is 7.18. The minimum atomic E-state index is 0.905. The first-order valence-electron chi connectivity index (χ1n) is 7.18. The summed E-state index contributed by atoms with van der Waals surface area (Å²) in [4.78, 5) is 0. The van der Waals surface area contributed by atoms with Crippen molar-refractivity contribution in [3.8, 4) is 0 Å². The Kier molecular flexibility index (Phi) is 4.31. The Morgan fingerprint density at radius 1 is 1.05 bits per heavy atom. The number of allylic oxidation sites excluding steroid dienone is 4. The smallest absolute Gasteiger partial charge is 0.0346 e. The van der Waals surface area contributed by atoms with Gasteiger partial charge in [-0.1, -0.05) is 37.6 Å². The maximum atomic E-state index is 6.03. The van der Waals surface area contributed by atoms with Crippen molar-refractivity contribution in [3.05, 3.63) is 52.2 Å². The van der Waals surface area contributed by atoms with Crippen LogP contribution in [-0.4, -0.2) is 0 Å². The summed E-state index contributed by atoms with van der Waals surface area (Å²) in [6.45, 7) is 4.31. The summed E-state index contributed by atoms with van der Waals surface area (Å²) in [5, 5.41) is 0. The summed E-state index contributed by atoms with van der Waals surface area (Å²) in [7, 11) is 0. The number of hydrogen-bond donors (Lipinski definition) is 2. The molecule has 1 aromatic carbocycles. The van der Waals surface area contributed by atoms with E-state index in [1.165, 1.54) is 22.3 Å². The number of nitrogen functional groups attached to an aromatic ring is 1. The molecular formula is C17H24N2. The van der Waals surface area contributed by atoms with Gasteiger partial charge in [0.15, 0.2) is 0 Å². The van der Waals surface area contributed by atoms with Crippen LogP contribution in [0.25, 0.3) is 0 Å². The quantitative estimate of drug-likeness (QED) is 0.807. The van der Waals surface area contributed by atoms with E-state index < -0.39 is 0 Å². The highest BCUT2D eigenvalue weighted by atomic mass is 14.6. The van der Waals surface area contributed by atoms with Crippen molar-refractivity contribution in [2.45, 2.75) is 46.0 Å². The van der Waals surface area contributed by atoms with Gasteiger partial charge in [0.1, 0.15) is 0 Å². The standard InChI is InChI=1S/C17H24N2/c1-3-14-10-12(5-7-16(14)18)9-13-6-8-17(19)15(4-2)11-13/h5,7,10-11H,3-4,6,8-9,18-19H2,1-2H3. The van der Waals surface area contributed by atoms with E-state index in [2.05, 4.69) is 32.1 Å². The second-order valence-electron chi connectivity index (χ2n) is 5.27. The zero-order chi connectivity index (χ0) is 13.8. The summed E-state index contributed by atoms with van der Waals surface area (Å²) in [5.41, 5.74) is 19.4. The van der Waals surface area contributed by atoms with Gasteiger partial charge in [-0.2, -0.15) is 0 Å². The molecule has 1 aliphatic rings. The molecule has 0 atom stereocenters. The Balaban J connectivity index is 2.18. The number of anilines is 1.